The maximum atomic E-state index is 12.5. The third-order valence-corrected chi connectivity index (χ3v) is 4.30. The molecule has 2 atom stereocenters. The molecule has 0 saturated carbocycles. The van der Waals surface area contributed by atoms with Crippen LogP contribution >= 0.6 is 0 Å². The molecule has 0 bridgehead atoms. The Hall–Kier alpha value is -1.88. The molecule has 2 amide bonds. The summed E-state index contributed by atoms with van der Waals surface area (Å²) in [4.78, 5) is 26.0. The predicted molar refractivity (Wildman–Crippen MR) is 80.0 cm³/mol. The highest BCUT2D eigenvalue weighted by molar-refractivity contribution is 5.95. The van der Waals surface area contributed by atoms with Gasteiger partial charge in [0.15, 0.2) is 0 Å². The molecule has 0 aliphatic carbocycles. The third-order valence-electron chi connectivity index (χ3n) is 4.30. The van der Waals surface area contributed by atoms with Crippen molar-refractivity contribution in [3.63, 3.8) is 0 Å². The van der Waals surface area contributed by atoms with Crippen LogP contribution in [0.2, 0.25) is 0 Å². The largest absolute Gasteiger partial charge is 0.396 e. The molecule has 1 aliphatic rings. The summed E-state index contributed by atoms with van der Waals surface area (Å²) >= 11 is 0. The van der Waals surface area contributed by atoms with Gasteiger partial charge >= 0.3 is 0 Å². The summed E-state index contributed by atoms with van der Waals surface area (Å²) in [6.45, 7) is 4.66. The van der Waals surface area contributed by atoms with E-state index in [2.05, 4.69) is 5.32 Å². The number of aliphatic hydroxyl groups excluding tert-OH is 1. The van der Waals surface area contributed by atoms with Gasteiger partial charge in [-0.2, -0.15) is 0 Å². The van der Waals surface area contributed by atoms with E-state index in [4.69, 9.17) is 0 Å². The van der Waals surface area contributed by atoms with Crippen molar-refractivity contribution in [3.05, 3.63) is 34.9 Å². The molecule has 0 spiro atoms. The van der Waals surface area contributed by atoms with Gasteiger partial charge in [0.05, 0.1) is 5.92 Å². The molecule has 21 heavy (non-hydrogen) atoms. The van der Waals surface area contributed by atoms with E-state index in [0.717, 1.165) is 11.1 Å². The Kier molecular flexibility index (Phi) is 4.63. The van der Waals surface area contributed by atoms with Crippen LogP contribution in [0.15, 0.2) is 18.2 Å². The first-order chi connectivity index (χ1) is 9.97. The van der Waals surface area contributed by atoms with Gasteiger partial charge < -0.3 is 15.3 Å². The summed E-state index contributed by atoms with van der Waals surface area (Å²) in [5.41, 5.74) is 2.85. The number of nitrogens with zero attached hydrogens (tertiary/aromatic N) is 1. The van der Waals surface area contributed by atoms with Gasteiger partial charge in [-0.25, -0.2) is 0 Å². The van der Waals surface area contributed by atoms with Crippen LogP contribution in [-0.2, 0) is 4.79 Å². The Bertz CT molecular complexity index is 556. The zero-order chi connectivity index (χ0) is 15.6. The number of carbonyl (C=O) groups excluding carboxylic acids is 2. The fourth-order valence-electron chi connectivity index (χ4n) is 2.76. The van der Waals surface area contributed by atoms with Crippen LogP contribution in [0.1, 0.15) is 21.5 Å². The van der Waals surface area contributed by atoms with E-state index >= 15 is 0 Å². The summed E-state index contributed by atoms with van der Waals surface area (Å²) in [6, 6.07) is 5.61. The number of hydrogen-bond acceptors (Lipinski definition) is 3. The third kappa shape index (κ3) is 3.08. The molecule has 0 radical (unpaired) electrons. The van der Waals surface area contributed by atoms with E-state index in [9.17, 15) is 14.7 Å². The second-order valence-electron chi connectivity index (χ2n) is 5.67. The SMILES string of the molecule is CNC(=O)[C@@H]1CN(C(=O)c2ccc(C)c(C)c2)C[C@H]1CO. The van der Waals surface area contributed by atoms with Crippen molar-refractivity contribution < 1.29 is 14.7 Å². The monoisotopic (exact) mass is 290 g/mol. The van der Waals surface area contributed by atoms with Crippen molar-refractivity contribution in [1.82, 2.24) is 10.2 Å². The molecule has 1 heterocycles. The Morgan fingerprint density at radius 3 is 2.57 bits per heavy atom. The van der Waals surface area contributed by atoms with Gasteiger partial charge in [-0.3, -0.25) is 9.59 Å². The van der Waals surface area contributed by atoms with E-state index in [1.807, 2.05) is 32.0 Å². The number of likely N-dealkylation sites (tertiary alicyclic amines) is 1. The van der Waals surface area contributed by atoms with Crippen LogP contribution in [0.25, 0.3) is 0 Å². The Balaban J connectivity index is 2.17. The molecule has 1 saturated heterocycles. The average Bonchev–Trinajstić information content (AvgIpc) is 2.92. The minimum atomic E-state index is -0.338. The lowest BCUT2D eigenvalue weighted by atomic mass is 9.96. The number of hydrogen-bond donors (Lipinski definition) is 2. The van der Waals surface area contributed by atoms with Gasteiger partial charge in [-0.05, 0) is 37.1 Å². The summed E-state index contributed by atoms with van der Waals surface area (Å²) in [6.07, 6.45) is 0. The maximum Gasteiger partial charge on any atom is 0.253 e. The van der Waals surface area contributed by atoms with E-state index in [-0.39, 0.29) is 30.3 Å². The van der Waals surface area contributed by atoms with Crippen molar-refractivity contribution in [1.29, 1.82) is 0 Å². The van der Waals surface area contributed by atoms with Gasteiger partial charge in [0.25, 0.3) is 5.91 Å². The minimum Gasteiger partial charge on any atom is -0.396 e. The van der Waals surface area contributed by atoms with Gasteiger partial charge in [-0.15, -0.1) is 0 Å². The summed E-state index contributed by atoms with van der Waals surface area (Å²) < 4.78 is 0. The molecule has 2 N–H and O–H groups in total. The topological polar surface area (TPSA) is 69.6 Å². The summed E-state index contributed by atoms with van der Waals surface area (Å²) in [5.74, 6) is -0.733. The van der Waals surface area contributed by atoms with Gasteiger partial charge in [-0.1, -0.05) is 6.07 Å². The smallest absolute Gasteiger partial charge is 0.253 e. The Morgan fingerprint density at radius 2 is 2.00 bits per heavy atom. The van der Waals surface area contributed by atoms with E-state index < -0.39 is 0 Å². The zero-order valence-corrected chi connectivity index (χ0v) is 12.7. The van der Waals surface area contributed by atoms with Crippen LogP contribution in [0, 0.1) is 25.7 Å². The van der Waals surface area contributed by atoms with Gasteiger partial charge in [0, 0.05) is 38.2 Å². The van der Waals surface area contributed by atoms with Crippen molar-refractivity contribution in [2.75, 3.05) is 26.7 Å². The standard InChI is InChI=1S/C16H22N2O3/c1-10-4-5-12(6-11(10)2)16(21)18-7-13(9-19)14(8-18)15(20)17-3/h4-6,13-14,19H,7-9H2,1-3H3,(H,17,20)/t13-,14+/m0/s1. The second-order valence-corrected chi connectivity index (χ2v) is 5.67. The molecule has 5 heteroatoms. The van der Waals surface area contributed by atoms with Crippen molar-refractivity contribution in [3.8, 4) is 0 Å². The number of aliphatic hydroxyl groups is 1. The van der Waals surface area contributed by atoms with Crippen LogP contribution in [0.5, 0.6) is 0 Å². The maximum absolute atomic E-state index is 12.5. The fraction of sp³-hybridized carbons (Fsp3) is 0.500. The van der Waals surface area contributed by atoms with E-state index in [1.54, 1.807) is 11.9 Å². The predicted octanol–water partition coefficient (Wildman–Crippen LogP) is 0.730. The van der Waals surface area contributed by atoms with Gasteiger partial charge in [0.1, 0.15) is 0 Å². The lowest BCUT2D eigenvalue weighted by molar-refractivity contribution is -0.125. The highest BCUT2D eigenvalue weighted by Gasteiger charge is 2.38. The minimum absolute atomic E-state index is 0.0806. The quantitative estimate of drug-likeness (QED) is 0.862. The molecule has 0 unspecified atom stereocenters. The lowest BCUT2D eigenvalue weighted by Crippen LogP contribution is -2.34. The van der Waals surface area contributed by atoms with E-state index in [0.29, 0.717) is 18.7 Å². The first kappa shape index (κ1) is 15.5. The molecule has 2 rings (SSSR count). The molecule has 1 aromatic rings. The summed E-state index contributed by atoms with van der Waals surface area (Å²) in [7, 11) is 1.57. The molecular weight excluding hydrogens is 268 g/mol. The number of nitrogens with one attached hydrogen (secondary N) is 1. The number of rotatable bonds is 3. The van der Waals surface area contributed by atoms with E-state index in [1.165, 1.54) is 0 Å². The normalized spacial score (nSPS) is 21.4. The van der Waals surface area contributed by atoms with Crippen LogP contribution < -0.4 is 5.32 Å². The molecule has 1 aromatic carbocycles. The fourth-order valence-corrected chi connectivity index (χ4v) is 2.76. The van der Waals surface area contributed by atoms with Crippen LogP contribution in [0.3, 0.4) is 0 Å². The van der Waals surface area contributed by atoms with Crippen molar-refractivity contribution >= 4 is 11.8 Å². The van der Waals surface area contributed by atoms with Crippen LogP contribution in [0.4, 0.5) is 0 Å². The number of benzene rings is 1. The number of amides is 2. The number of aryl methyl sites for hydroxylation is 2. The second kappa shape index (κ2) is 6.26. The average molecular weight is 290 g/mol. The molecule has 114 valence electrons. The molecule has 1 fully saturated rings. The Labute approximate surface area is 125 Å². The molecular formula is C16H22N2O3. The molecule has 1 aliphatic heterocycles. The Morgan fingerprint density at radius 1 is 1.29 bits per heavy atom. The first-order valence-corrected chi connectivity index (χ1v) is 7.17. The highest BCUT2D eigenvalue weighted by Crippen LogP contribution is 2.25. The summed E-state index contributed by atoms with van der Waals surface area (Å²) in [5, 5.41) is 12.0. The van der Waals surface area contributed by atoms with Crippen molar-refractivity contribution in [2.24, 2.45) is 11.8 Å². The van der Waals surface area contributed by atoms with Crippen molar-refractivity contribution in [2.45, 2.75) is 13.8 Å². The zero-order valence-electron chi connectivity index (χ0n) is 12.7. The number of carbonyl (C=O) groups is 2. The lowest BCUT2D eigenvalue weighted by Gasteiger charge is -2.17. The van der Waals surface area contributed by atoms with Crippen LogP contribution in [-0.4, -0.2) is 48.6 Å². The molecule has 0 aromatic heterocycles. The van der Waals surface area contributed by atoms with Gasteiger partial charge in [0.2, 0.25) is 5.91 Å². The first-order valence-electron chi connectivity index (χ1n) is 7.17. The molecule has 5 nitrogen and oxygen atoms in total. The highest BCUT2D eigenvalue weighted by atomic mass is 16.3.